The summed E-state index contributed by atoms with van der Waals surface area (Å²) in [6.45, 7) is 0. The first-order chi connectivity index (χ1) is 32.2. The van der Waals surface area contributed by atoms with Gasteiger partial charge in [-0.2, -0.15) is 0 Å². The Morgan fingerprint density at radius 3 is 1.29 bits per heavy atom. The second-order valence-electron chi connectivity index (χ2n) is 16.9. The molecule has 0 heterocycles. The Bertz CT molecular complexity index is 3660. The molecule has 0 saturated carbocycles. The molecule has 0 fully saturated rings. The number of hydrogen-bond acceptors (Lipinski definition) is 1. The van der Waals surface area contributed by atoms with Crippen molar-refractivity contribution in [2.75, 3.05) is 4.90 Å². The number of anilines is 3. The molecule has 0 N–H and O–H groups in total. The van der Waals surface area contributed by atoms with Gasteiger partial charge in [0.05, 0.1) is 0 Å². The Labute approximate surface area is 379 Å². The Kier molecular flexibility index (Phi) is 9.58. The van der Waals surface area contributed by atoms with Crippen LogP contribution in [0, 0.1) is 0 Å². The quantitative estimate of drug-likeness (QED) is 0.138. The second kappa shape index (κ2) is 16.3. The standard InChI is InChI=1S/C64H43N/c1-2-13-48(14-3-1)60-41-34-49-15-6-9-19-59(49)64(60)51-32-39-57(40-33-51)65(56-37-30-50(31-38-56)63-43-54-17-7-8-18-58(54)61-20-10-11-21-62(61)63)55-35-28-46(29-36-55)45-22-24-47(25-23-45)53-27-26-44-12-4-5-16-52(44)42-53/h1-43H. The third-order valence-electron chi connectivity index (χ3n) is 13.1. The zero-order valence-corrected chi connectivity index (χ0v) is 35.8. The van der Waals surface area contributed by atoms with Crippen LogP contribution in [0.4, 0.5) is 17.1 Å². The summed E-state index contributed by atoms with van der Waals surface area (Å²) in [4.78, 5) is 2.37. The fourth-order valence-corrected chi connectivity index (χ4v) is 9.78. The predicted molar refractivity (Wildman–Crippen MR) is 278 cm³/mol. The van der Waals surface area contributed by atoms with Crippen LogP contribution in [0.25, 0.3) is 98.7 Å². The molecule has 0 atom stereocenters. The van der Waals surface area contributed by atoms with Gasteiger partial charge in [0.1, 0.15) is 0 Å². The summed E-state index contributed by atoms with van der Waals surface area (Å²) < 4.78 is 0. The first-order valence-corrected chi connectivity index (χ1v) is 22.4. The second-order valence-corrected chi connectivity index (χ2v) is 16.9. The molecule has 0 spiro atoms. The highest BCUT2D eigenvalue weighted by atomic mass is 15.1. The van der Waals surface area contributed by atoms with Crippen LogP contribution in [-0.4, -0.2) is 0 Å². The number of hydrogen-bond donors (Lipinski definition) is 0. The summed E-state index contributed by atoms with van der Waals surface area (Å²) in [5.41, 5.74) is 15.4. The Morgan fingerprint density at radius 1 is 0.200 bits per heavy atom. The van der Waals surface area contributed by atoms with Gasteiger partial charge in [-0.05, 0) is 147 Å². The summed E-state index contributed by atoms with van der Waals surface area (Å²) >= 11 is 0. The minimum atomic E-state index is 1.09. The lowest BCUT2D eigenvalue weighted by molar-refractivity contribution is 1.28. The van der Waals surface area contributed by atoms with Crippen LogP contribution >= 0.6 is 0 Å². The van der Waals surface area contributed by atoms with Crippen molar-refractivity contribution in [3.05, 3.63) is 261 Å². The van der Waals surface area contributed by atoms with Gasteiger partial charge in [0.15, 0.2) is 0 Å². The summed E-state index contributed by atoms with van der Waals surface area (Å²) in [6, 6.07) is 95.2. The highest BCUT2D eigenvalue weighted by Crippen LogP contribution is 2.43. The van der Waals surface area contributed by atoms with Gasteiger partial charge in [0, 0.05) is 17.1 Å². The fraction of sp³-hybridized carbons (Fsp3) is 0. The monoisotopic (exact) mass is 825 g/mol. The van der Waals surface area contributed by atoms with E-state index in [9.17, 15) is 0 Å². The van der Waals surface area contributed by atoms with E-state index in [0.717, 1.165) is 17.1 Å². The lowest BCUT2D eigenvalue weighted by Crippen LogP contribution is -2.09. The third kappa shape index (κ3) is 7.10. The van der Waals surface area contributed by atoms with Crippen LogP contribution in [0.2, 0.25) is 0 Å². The highest BCUT2D eigenvalue weighted by Gasteiger charge is 2.17. The molecule has 1 nitrogen and oxygen atoms in total. The van der Waals surface area contributed by atoms with Crippen molar-refractivity contribution in [2.24, 2.45) is 0 Å². The van der Waals surface area contributed by atoms with Crippen LogP contribution in [0.5, 0.6) is 0 Å². The largest absolute Gasteiger partial charge is 0.311 e. The van der Waals surface area contributed by atoms with E-state index in [2.05, 4.69) is 266 Å². The van der Waals surface area contributed by atoms with Gasteiger partial charge in [0.2, 0.25) is 0 Å². The van der Waals surface area contributed by atoms with Crippen molar-refractivity contribution in [1.29, 1.82) is 0 Å². The van der Waals surface area contributed by atoms with Crippen molar-refractivity contribution in [1.82, 2.24) is 0 Å². The first kappa shape index (κ1) is 38.2. The maximum atomic E-state index is 2.37. The molecule has 0 aliphatic carbocycles. The Balaban J connectivity index is 0.932. The average Bonchev–Trinajstić information content (AvgIpc) is 3.39. The van der Waals surface area contributed by atoms with Crippen molar-refractivity contribution in [2.45, 2.75) is 0 Å². The molecule has 0 bridgehead atoms. The molecule has 0 aliphatic heterocycles. The van der Waals surface area contributed by atoms with Gasteiger partial charge in [-0.15, -0.1) is 0 Å². The average molecular weight is 826 g/mol. The van der Waals surface area contributed by atoms with E-state index in [1.165, 1.54) is 98.7 Å². The minimum Gasteiger partial charge on any atom is -0.311 e. The van der Waals surface area contributed by atoms with E-state index in [1.54, 1.807) is 0 Å². The molecule has 0 aliphatic rings. The van der Waals surface area contributed by atoms with E-state index in [0.29, 0.717) is 0 Å². The summed E-state index contributed by atoms with van der Waals surface area (Å²) in [7, 11) is 0. The minimum absolute atomic E-state index is 1.09. The molecule has 0 unspecified atom stereocenters. The van der Waals surface area contributed by atoms with Crippen LogP contribution < -0.4 is 4.90 Å². The number of rotatable bonds is 8. The molecular weight excluding hydrogens is 783 g/mol. The van der Waals surface area contributed by atoms with Crippen molar-refractivity contribution >= 4 is 60.2 Å². The predicted octanol–water partition coefficient (Wildman–Crippen LogP) is 18.1. The summed E-state index contributed by atoms with van der Waals surface area (Å²) in [6.07, 6.45) is 0. The third-order valence-corrected chi connectivity index (χ3v) is 13.1. The van der Waals surface area contributed by atoms with Crippen molar-refractivity contribution in [3.8, 4) is 55.6 Å². The molecule has 0 radical (unpaired) electrons. The molecule has 12 aromatic rings. The van der Waals surface area contributed by atoms with E-state index in [4.69, 9.17) is 0 Å². The van der Waals surface area contributed by atoms with Crippen LogP contribution in [0.3, 0.4) is 0 Å². The zero-order chi connectivity index (χ0) is 43.1. The Morgan fingerprint density at radius 2 is 0.631 bits per heavy atom. The molecule has 1 heteroatoms. The summed E-state index contributed by atoms with van der Waals surface area (Å²) in [5, 5.41) is 10.1. The van der Waals surface area contributed by atoms with Gasteiger partial charge < -0.3 is 4.90 Å². The van der Waals surface area contributed by atoms with Crippen LogP contribution in [0.15, 0.2) is 261 Å². The normalized spacial score (nSPS) is 11.4. The Hall–Kier alpha value is -8.52. The molecule has 12 aromatic carbocycles. The van der Waals surface area contributed by atoms with Gasteiger partial charge >= 0.3 is 0 Å². The van der Waals surface area contributed by atoms with Crippen LogP contribution in [-0.2, 0) is 0 Å². The highest BCUT2D eigenvalue weighted by molar-refractivity contribution is 6.14. The lowest BCUT2D eigenvalue weighted by atomic mass is 9.89. The molecule has 304 valence electrons. The van der Waals surface area contributed by atoms with Gasteiger partial charge in [-0.3, -0.25) is 0 Å². The number of fused-ring (bicyclic) bond motifs is 5. The van der Waals surface area contributed by atoms with Gasteiger partial charge in [-0.25, -0.2) is 0 Å². The van der Waals surface area contributed by atoms with Gasteiger partial charge in [-0.1, -0.05) is 212 Å². The maximum Gasteiger partial charge on any atom is 0.0462 e. The molecule has 12 rings (SSSR count). The maximum absolute atomic E-state index is 2.37. The number of benzene rings is 12. The SMILES string of the molecule is c1ccc(-c2ccc3ccccc3c2-c2ccc(N(c3ccc(-c4ccc(-c5ccc6ccccc6c5)cc4)cc3)c3ccc(-c4cc5ccccc5c5ccccc45)cc3)cc2)cc1. The molecule has 0 amide bonds. The zero-order valence-electron chi connectivity index (χ0n) is 35.8. The van der Waals surface area contributed by atoms with E-state index >= 15 is 0 Å². The molecular formula is C64H43N. The molecule has 0 aromatic heterocycles. The molecule has 0 saturated heterocycles. The van der Waals surface area contributed by atoms with Crippen LogP contribution in [0.1, 0.15) is 0 Å². The number of nitrogens with zero attached hydrogens (tertiary/aromatic N) is 1. The van der Waals surface area contributed by atoms with Gasteiger partial charge in [0.25, 0.3) is 0 Å². The molecule has 65 heavy (non-hydrogen) atoms. The van der Waals surface area contributed by atoms with E-state index in [-0.39, 0.29) is 0 Å². The topological polar surface area (TPSA) is 3.24 Å². The first-order valence-electron chi connectivity index (χ1n) is 22.4. The van der Waals surface area contributed by atoms with E-state index < -0.39 is 0 Å². The summed E-state index contributed by atoms with van der Waals surface area (Å²) in [5.74, 6) is 0. The van der Waals surface area contributed by atoms with E-state index in [1.807, 2.05) is 0 Å². The smallest absolute Gasteiger partial charge is 0.0462 e. The van der Waals surface area contributed by atoms with Crippen molar-refractivity contribution < 1.29 is 0 Å². The van der Waals surface area contributed by atoms with Crippen molar-refractivity contribution in [3.63, 3.8) is 0 Å². The lowest BCUT2D eigenvalue weighted by Gasteiger charge is -2.26. The fourth-order valence-electron chi connectivity index (χ4n) is 9.78.